The maximum Gasteiger partial charge on any atom is 0.130 e. The molecule has 1 heterocycles. The first kappa shape index (κ1) is 12.8. The van der Waals surface area contributed by atoms with Gasteiger partial charge in [0.05, 0.1) is 6.26 Å². The Morgan fingerprint density at radius 1 is 1.28 bits per heavy atom. The summed E-state index contributed by atoms with van der Waals surface area (Å²) >= 11 is 0. The van der Waals surface area contributed by atoms with Crippen LogP contribution < -0.4 is 5.32 Å². The molecule has 0 bridgehead atoms. The first-order valence-corrected chi connectivity index (χ1v) is 5.77. The molecule has 0 aliphatic carbocycles. The molecule has 2 nitrogen and oxygen atoms in total. The molecule has 1 aromatic carbocycles. The molecule has 18 heavy (non-hydrogen) atoms. The summed E-state index contributed by atoms with van der Waals surface area (Å²) in [6.07, 6.45) is 2.10. The minimum atomic E-state index is -0.538. The van der Waals surface area contributed by atoms with Crippen LogP contribution in [0.3, 0.4) is 0 Å². The number of likely N-dealkylation sites (N-methyl/N-ethyl adjacent to an activating group) is 1. The molecule has 2 aromatic rings. The monoisotopic (exact) mass is 251 g/mol. The molecular formula is C14H15F2NO. The van der Waals surface area contributed by atoms with E-state index in [4.69, 9.17) is 4.42 Å². The van der Waals surface area contributed by atoms with Gasteiger partial charge >= 0.3 is 0 Å². The van der Waals surface area contributed by atoms with Crippen molar-refractivity contribution in [3.63, 3.8) is 0 Å². The van der Waals surface area contributed by atoms with Gasteiger partial charge in [-0.15, -0.1) is 0 Å². The van der Waals surface area contributed by atoms with Gasteiger partial charge < -0.3 is 9.73 Å². The number of nitrogens with one attached hydrogen (secondary N) is 1. The molecule has 0 saturated heterocycles. The highest BCUT2D eigenvalue weighted by atomic mass is 19.1. The largest absolute Gasteiger partial charge is 0.469 e. The van der Waals surface area contributed by atoms with Gasteiger partial charge in [-0.05, 0) is 37.7 Å². The van der Waals surface area contributed by atoms with Gasteiger partial charge in [0, 0.05) is 24.1 Å². The summed E-state index contributed by atoms with van der Waals surface area (Å²) in [5.41, 5.74) is 0.888. The number of furan rings is 1. The van der Waals surface area contributed by atoms with Crippen molar-refractivity contribution in [2.24, 2.45) is 0 Å². The molecular weight excluding hydrogens is 236 g/mol. The fraction of sp³-hybridized carbons (Fsp3) is 0.286. The second kappa shape index (κ2) is 5.31. The highest BCUT2D eigenvalue weighted by Gasteiger charge is 2.17. The zero-order valence-corrected chi connectivity index (χ0v) is 10.3. The summed E-state index contributed by atoms with van der Waals surface area (Å²) in [6, 6.07) is 5.84. The molecule has 1 atom stereocenters. The van der Waals surface area contributed by atoms with Crippen molar-refractivity contribution in [3.05, 3.63) is 59.1 Å². The maximum atomic E-state index is 13.8. The number of rotatable bonds is 4. The lowest BCUT2D eigenvalue weighted by atomic mass is 9.99. The Balaban J connectivity index is 2.30. The molecule has 0 amide bonds. The highest BCUT2D eigenvalue weighted by Crippen LogP contribution is 2.23. The van der Waals surface area contributed by atoms with Crippen LogP contribution in [0.4, 0.5) is 8.78 Å². The van der Waals surface area contributed by atoms with Crippen LogP contribution in [-0.2, 0) is 6.42 Å². The first-order chi connectivity index (χ1) is 8.61. The van der Waals surface area contributed by atoms with Gasteiger partial charge in [0.2, 0.25) is 0 Å². The molecule has 1 unspecified atom stereocenters. The van der Waals surface area contributed by atoms with Crippen LogP contribution in [0.5, 0.6) is 0 Å². The van der Waals surface area contributed by atoms with Crippen LogP contribution >= 0.6 is 0 Å². The Bertz CT molecular complexity index is 523. The summed E-state index contributed by atoms with van der Waals surface area (Å²) < 4.78 is 32.3. The predicted octanol–water partition coefficient (Wildman–Crippen LogP) is 3.37. The zero-order valence-electron chi connectivity index (χ0n) is 10.3. The molecule has 0 fully saturated rings. The standard InChI is InChI=1S/C14H15F2NO/c1-9-6-11(13(16)8-12(9)15)14(17-2)7-10-4-3-5-18-10/h3-6,8,14,17H,7H2,1-2H3. The average Bonchev–Trinajstić information content (AvgIpc) is 2.84. The van der Waals surface area contributed by atoms with Gasteiger partial charge in [0.1, 0.15) is 17.4 Å². The highest BCUT2D eigenvalue weighted by molar-refractivity contribution is 5.29. The molecule has 96 valence electrons. The van der Waals surface area contributed by atoms with Crippen molar-refractivity contribution < 1.29 is 13.2 Å². The second-order valence-electron chi connectivity index (χ2n) is 4.25. The number of hydrogen-bond donors (Lipinski definition) is 1. The van der Waals surface area contributed by atoms with Crippen molar-refractivity contribution in [3.8, 4) is 0 Å². The van der Waals surface area contributed by atoms with Crippen LogP contribution in [0.25, 0.3) is 0 Å². The quantitative estimate of drug-likeness (QED) is 0.901. The van der Waals surface area contributed by atoms with Crippen LogP contribution in [0.1, 0.15) is 22.9 Å². The van der Waals surface area contributed by atoms with Crippen molar-refractivity contribution in [1.82, 2.24) is 5.32 Å². The SMILES string of the molecule is CNC(Cc1ccco1)c1cc(C)c(F)cc1F. The molecule has 2 rings (SSSR count). The molecule has 1 N–H and O–H groups in total. The van der Waals surface area contributed by atoms with E-state index in [1.165, 1.54) is 6.07 Å². The lowest BCUT2D eigenvalue weighted by Gasteiger charge is -2.17. The van der Waals surface area contributed by atoms with Gasteiger partial charge in [-0.3, -0.25) is 0 Å². The predicted molar refractivity (Wildman–Crippen MR) is 65.3 cm³/mol. The minimum absolute atomic E-state index is 0.240. The lowest BCUT2D eigenvalue weighted by molar-refractivity contribution is 0.453. The number of aryl methyl sites for hydroxylation is 1. The summed E-state index contributed by atoms with van der Waals surface area (Å²) in [5.74, 6) is -0.302. The van der Waals surface area contributed by atoms with E-state index in [1.54, 1.807) is 26.3 Å². The molecule has 0 radical (unpaired) electrons. The van der Waals surface area contributed by atoms with E-state index < -0.39 is 11.6 Å². The third-order valence-corrected chi connectivity index (χ3v) is 2.99. The third-order valence-electron chi connectivity index (χ3n) is 2.99. The second-order valence-corrected chi connectivity index (χ2v) is 4.25. The molecule has 0 saturated carbocycles. The fourth-order valence-electron chi connectivity index (χ4n) is 1.94. The van der Waals surface area contributed by atoms with E-state index >= 15 is 0 Å². The molecule has 1 aromatic heterocycles. The van der Waals surface area contributed by atoms with E-state index in [9.17, 15) is 8.78 Å². The van der Waals surface area contributed by atoms with Crippen LogP contribution in [0.15, 0.2) is 34.9 Å². The van der Waals surface area contributed by atoms with E-state index in [0.29, 0.717) is 17.5 Å². The van der Waals surface area contributed by atoms with Gasteiger partial charge in [-0.2, -0.15) is 0 Å². The Morgan fingerprint density at radius 2 is 2.06 bits per heavy atom. The van der Waals surface area contributed by atoms with Crippen LogP contribution in [0.2, 0.25) is 0 Å². The Kier molecular flexibility index (Phi) is 3.77. The number of hydrogen-bond acceptors (Lipinski definition) is 2. The molecule has 0 spiro atoms. The van der Waals surface area contributed by atoms with Gasteiger partial charge in [-0.25, -0.2) is 8.78 Å². The van der Waals surface area contributed by atoms with Crippen molar-refractivity contribution >= 4 is 0 Å². The van der Waals surface area contributed by atoms with Crippen molar-refractivity contribution in [1.29, 1.82) is 0 Å². The first-order valence-electron chi connectivity index (χ1n) is 5.77. The average molecular weight is 251 g/mol. The topological polar surface area (TPSA) is 25.2 Å². The molecule has 0 aliphatic rings. The Labute approximate surface area is 105 Å². The fourth-order valence-corrected chi connectivity index (χ4v) is 1.94. The zero-order chi connectivity index (χ0) is 13.1. The lowest BCUT2D eigenvalue weighted by Crippen LogP contribution is -2.20. The summed E-state index contributed by atoms with van der Waals surface area (Å²) in [7, 11) is 1.74. The van der Waals surface area contributed by atoms with Crippen LogP contribution in [-0.4, -0.2) is 7.05 Å². The van der Waals surface area contributed by atoms with E-state index in [1.807, 2.05) is 6.07 Å². The van der Waals surface area contributed by atoms with Crippen molar-refractivity contribution in [2.75, 3.05) is 7.05 Å². The normalized spacial score (nSPS) is 12.7. The maximum absolute atomic E-state index is 13.8. The minimum Gasteiger partial charge on any atom is -0.469 e. The van der Waals surface area contributed by atoms with Gasteiger partial charge in [0.25, 0.3) is 0 Å². The van der Waals surface area contributed by atoms with E-state index in [0.717, 1.165) is 11.8 Å². The number of benzene rings is 1. The molecule has 4 heteroatoms. The smallest absolute Gasteiger partial charge is 0.130 e. The van der Waals surface area contributed by atoms with Crippen LogP contribution in [0, 0.1) is 18.6 Å². The van der Waals surface area contributed by atoms with Crippen molar-refractivity contribution in [2.45, 2.75) is 19.4 Å². The summed E-state index contributed by atoms with van der Waals surface area (Å²) in [4.78, 5) is 0. The van der Waals surface area contributed by atoms with E-state index in [-0.39, 0.29) is 6.04 Å². The molecule has 0 aliphatic heterocycles. The Morgan fingerprint density at radius 3 is 2.67 bits per heavy atom. The third kappa shape index (κ3) is 2.59. The summed E-state index contributed by atoms with van der Waals surface area (Å²) in [5, 5.41) is 3.02. The number of halogens is 2. The van der Waals surface area contributed by atoms with Gasteiger partial charge in [-0.1, -0.05) is 0 Å². The van der Waals surface area contributed by atoms with Gasteiger partial charge in [0.15, 0.2) is 0 Å². The summed E-state index contributed by atoms with van der Waals surface area (Å²) in [6.45, 7) is 1.62. The van der Waals surface area contributed by atoms with E-state index in [2.05, 4.69) is 5.32 Å². The Hall–Kier alpha value is -1.68.